The molecule has 2 unspecified atom stereocenters. The average Bonchev–Trinajstić information content (AvgIpc) is 2.85. The Morgan fingerprint density at radius 3 is 2.63 bits per heavy atom. The molecule has 0 spiro atoms. The first-order valence-electron chi connectivity index (χ1n) is 6.71. The molecule has 1 amide bonds. The van der Waals surface area contributed by atoms with Crippen molar-refractivity contribution in [2.24, 2.45) is 16.8 Å². The molecule has 3 N–H and O–H groups in total. The predicted molar refractivity (Wildman–Crippen MR) is 69.9 cm³/mol. The number of carbonyl (C=O) groups is 1. The van der Waals surface area contributed by atoms with E-state index in [0.717, 1.165) is 19.5 Å². The second kappa shape index (κ2) is 6.21. The minimum atomic E-state index is 0.00984. The monoisotopic (exact) mass is 270 g/mol. The van der Waals surface area contributed by atoms with Crippen molar-refractivity contribution in [1.29, 1.82) is 0 Å². The Morgan fingerprint density at radius 1 is 1.42 bits per heavy atom. The Kier molecular flexibility index (Phi) is 4.60. The van der Waals surface area contributed by atoms with Crippen molar-refractivity contribution < 1.29 is 14.7 Å². The van der Waals surface area contributed by atoms with E-state index in [1.165, 1.54) is 0 Å². The SMILES string of the molecule is CC1OCCC1C(=O)N1CCN(CC(N)=NO)CC1. The molecule has 2 aliphatic heterocycles. The van der Waals surface area contributed by atoms with Crippen LogP contribution in [0.25, 0.3) is 0 Å². The first-order chi connectivity index (χ1) is 9.11. The van der Waals surface area contributed by atoms with Crippen LogP contribution in [-0.2, 0) is 9.53 Å². The second-order valence-electron chi connectivity index (χ2n) is 5.16. The largest absolute Gasteiger partial charge is 0.409 e. The molecule has 7 heteroatoms. The maximum Gasteiger partial charge on any atom is 0.228 e. The molecular formula is C12H22N4O3. The van der Waals surface area contributed by atoms with E-state index in [0.29, 0.717) is 26.2 Å². The number of amidine groups is 1. The topological polar surface area (TPSA) is 91.4 Å². The summed E-state index contributed by atoms with van der Waals surface area (Å²) in [5.41, 5.74) is 5.48. The lowest BCUT2D eigenvalue weighted by atomic mass is 10.0. The van der Waals surface area contributed by atoms with Gasteiger partial charge in [0.05, 0.1) is 18.6 Å². The number of ether oxygens (including phenoxy) is 1. The van der Waals surface area contributed by atoms with Crippen LogP contribution in [0.4, 0.5) is 0 Å². The molecule has 2 atom stereocenters. The van der Waals surface area contributed by atoms with Gasteiger partial charge in [-0.15, -0.1) is 0 Å². The summed E-state index contributed by atoms with van der Waals surface area (Å²) in [5, 5.41) is 11.5. The first-order valence-corrected chi connectivity index (χ1v) is 6.71. The van der Waals surface area contributed by atoms with Crippen molar-refractivity contribution >= 4 is 11.7 Å². The van der Waals surface area contributed by atoms with Gasteiger partial charge in [-0.2, -0.15) is 0 Å². The van der Waals surface area contributed by atoms with Crippen molar-refractivity contribution in [3.8, 4) is 0 Å². The molecule has 0 bridgehead atoms. The Hall–Kier alpha value is -1.34. The molecule has 2 rings (SSSR count). The molecule has 0 aromatic carbocycles. The van der Waals surface area contributed by atoms with Crippen molar-refractivity contribution in [1.82, 2.24) is 9.80 Å². The zero-order valence-electron chi connectivity index (χ0n) is 11.3. The van der Waals surface area contributed by atoms with E-state index in [4.69, 9.17) is 15.7 Å². The summed E-state index contributed by atoms with van der Waals surface area (Å²) in [5.74, 6) is 0.418. The van der Waals surface area contributed by atoms with E-state index >= 15 is 0 Å². The number of rotatable bonds is 3. The molecule has 2 heterocycles. The Morgan fingerprint density at radius 2 is 2.11 bits per heavy atom. The van der Waals surface area contributed by atoms with Crippen LogP contribution in [0.1, 0.15) is 13.3 Å². The van der Waals surface area contributed by atoms with E-state index in [1.807, 2.05) is 11.8 Å². The molecule has 0 aromatic rings. The van der Waals surface area contributed by atoms with E-state index in [1.54, 1.807) is 0 Å². The van der Waals surface area contributed by atoms with Gasteiger partial charge in [-0.25, -0.2) is 0 Å². The third-order valence-electron chi connectivity index (χ3n) is 3.89. The average molecular weight is 270 g/mol. The normalized spacial score (nSPS) is 29.7. The van der Waals surface area contributed by atoms with Crippen molar-refractivity contribution in [3.63, 3.8) is 0 Å². The van der Waals surface area contributed by atoms with Gasteiger partial charge in [-0.3, -0.25) is 9.69 Å². The fourth-order valence-electron chi connectivity index (χ4n) is 2.68. The minimum absolute atomic E-state index is 0.00984. The quantitative estimate of drug-likeness (QED) is 0.306. The van der Waals surface area contributed by atoms with Gasteiger partial charge in [-0.05, 0) is 13.3 Å². The lowest BCUT2D eigenvalue weighted by Crippen LogP contribution is -2.52. The molecule has 108 valence electrons. The van der Waals surface area contributed by atoms with Gasteiger partial charge in [0.1, 0.15) is 0 Å². The summed E-state index contributed by atoms with van der Waals surface area (Å²) < 4.78 is 5.45. The standard InChI is InChI=1S/C12H22N4O3/c1-9-10(2-7-19-9)12(17)16-5-3-15(4-6-16)8-11(13)14-18/h9-10,18H,2-8H2,1H3,(H2,13,14). The van der Waals surface area contributed by atoms with Crippen molar-refractivity contribution in [2.45, 2.75) is 19.4 Å². The van der Waals surface area contributed by atoms with Crippen LogP contribution in [0.3, 0.4) is 0 Å². The number of nitrogens with zero attached hydrogens (tertiary/aromatic N) is 3. The van der Waals surface area contributed by atoms with Crippen LogP contribution < -0.4 is 5.73 Å². The van der Waals surface area contributed by atoms with Crippen LogP contribution in [0.5, 0.6) is 0 Å². The highest BCUT2D eigenvalue weighted by atomic mass is 16.5. The zero-order chi connectivity index (χ0) is 13.8. The number of carbonyl (C=O) groups excluding carboxylic acids is 1. The van der Waals surface area contributed by atoms with Crippen LogP contribution in [0, 0.1) is 5.92 Å². The third-order valence-corrected chi connectivity index (χ3v) is 3.89. The van der Waals surface area contributed by atoms with Crippen molar-refractivity contribution in [3.05, 3.63) is 0 Å². The summed E-state index contributed by atoms with van der Waals surface area (Å²) in [6.07, 6.45) is 0.854. The molecule has 2 fully saturated rings. The Balaban J connectivity index is 1.81. The molecule has 7 nitrogen and oxygen atoms in total. The number of piperazine rings is 1. The van der Waals surface area contributed by atoms with Gasteiger partial charge >= 0.3 is 0 Å². The third kappa shape index (κ3) is 3.36. The van der Waals surface area contributed by atoms with E-state index in [9.17, 15) is 4.79 Å². The number of nitrogens with two attached hydrogens (primary N) is 1. The van der Waals surface area contributed by atoms with Crippen LogP contribution >= 0.6 is 0 Å². The Labute approximate surface area is 113 Å². The Bertz CT molecular complexity index is 353. The lowest BCUT2D eigenvalue weighted by molar-refractivity contribution is -0.138. The summed E-state index contributed by atoms with van der Waals surface area (Å²) in [7, 11) is 0. The molecular weight excluding hydrogens is 248 g/mol. The summed E-state index contributed by atoms with van der Waals surface area (Å²) in [6, 6.07) is 0. The fourth-order valence-corrected chi connectivity index (χ4v) is 2.68. The van der Waals surface area contributed by atoms with Gasteiger partial charge in [0.15, 0.2) is 5.84 Å². The van der Waals surface area contributed by atoms with Crippen LogP contribution in [-0.4, -0.2) is 72.2 Å². The molecule has 2 saturated heterocycles. The van der Waals surface area contributed by atoms with Crippen LogP contribution in [0.2, 0.25) is 0 Å². The smallest absolute Gasteiger partial charge is 0.228 e. The number of hydrogen-bond acceptors (Lipinski definition) is 5. The maximum absolute atomic E-state index is 12.3. The first kappa shape index (κ1) is 14.1. The number of amides is 1. The van der Waals surface area contributed by atoms with E-state index < -0.39 is 0 Å². The maximum atomic E-state index is 12.3. The molecule has 0 aliphatic carbocycles. The molecule has 0 aromatic heterocycles. The van der Waals surface area contributed by atoms with Gasteiger partial charge in [0, 0.05) is 32.8 Å². The van der Waals surface area contributed by atoms with Gasteiger partial charge in [-0.1, -0.05) is 5.16 Å². The fraction of sp³-hybridized carbons (Fsp3) is 0.833. The number of hydrogen-bond donors (Lipinski definition) is 2. The summed E-state index contributed by atoms with van der Waals surface area (Å²) in [4.78, 5) is 16.3. The predicted octanol–water partition coefficient (Wildman–Crippen LogP) is -0.698. The number of oxime groups is 1. The van der Waals surface area contributed by atoms with Gasteiger partial charge in [0.2, 0.25) is 5.91 Å². The molecule has 19 heavy (non-hydrogen) atoms. The highest BCUT2D eigenvalue weighted by Crippen LogP contribution is 2.23. The van der Waals surface area contributed by atoms with Gasteiger partial charge < -0.3 is 20.6 Å². The second-order valence-corrected chi connectivity index (χ2v) is 5.16. The molecule has 0 saturated carbocycles. The molecule has 0 radical (unpaired) electrons. The molecule has 2 aliphatic rings. The summed E-state index contributed by atoms with van der Waals surface area (Å²) in [6.45, 7) is 5.99. The van der Waals surface area contributed by atoms with E-state index in [-0.39, 0.29) is 23.8 Å². The van der Waals surface area contributed by atoms with Gasteiger partial charge in [0.25, 0.3) is 0 Å². The highest BCUT2D eigenvalue weighted by Gasteiger charge is 2.34. The minimum Gasteiger partial charge on any atom is -0.409 e. The lowest BCUT2D eigenvalue weighted by Gasteiger charge is -2.36. The van der Waals surface area contributed by atoms with E-state index in [2.05, 4.69) is 10.1 Å². The van der Waals surface area contributed by atoms with Crippen molar-refractivity contribution in [2.75, 3.05) is 39.3 Å². The van der Waals surface area contributed by atoms with Crippen LogP contribution in [0.15, 0.2) is 5.16 Å². The highest BCUT2D eigenvalue weighted by molar-refractivity contribution is 5.82. The summed E-state index contributed by atoms with van der Waals surface area (Å²) >= 11 is 0. The zero-order valence-corrected chi connectivity index (χ0v) is 11.3.